The van der Waals surface area contributed by atoms with Crippen LogP contribution in [0.4, 0.5) is 0 Å². The van der Waals surface area contributed by atoms with Gasteiger partial charge in [-0.2, -0.15) is 4.98 Å². The molecule has 1 N–H and O–H groups in total. The van der Waals surface area contributed by atoms with E-state index in [1.54, 1.807) is 11.5 Å². The fourth-order valence-electron chi connectivity index (χ4n) is 3.29. The first kappa shape index (κ1) is 19.6. The molecule has 2 heterocycles. The molecule has 140 valence electrons. The number of carbonyl (C=O) groups is 1. The largest absolute Gasteiger partial charge is 0.351 e. The van der Waals surface area contributed by atoms with E-state index in [4.69, 9.17) is 0 Å². The van der Waals surface area contributed by atoms with Crippen LogP contribution in [0.5, 0.6) is 0 Å². The molecule has 0 unspecified atom stereocenters. The van der Waals surface area contributed by atoms with Crippen molar-refractivity contribution >= 4 is 5.91 Å². The molecule has 0 aliphatic carbocycles. The Bertz CT molecular complexity index is 654. The Kier molecular flexibility index (Phi) is 6.38. The van der Waals surface area contributed by atoms with Gasteiger partial charge in [-0.15, -0.1) is 0 Å². The van der Waals surface area contributed by atoms with Crippen molar-refractivity contribution in [2.75, 3.05) is 19.6 Å². The summed E-state index contributed by atoms with van der Waals surface area (Å²) < 4.78 is 1.57. The minimum atomic E-state index is -0.283. The van der Waals surface area contributed by atoms with Crippen LogP contribution in [0.3, 0.4) is 0 Å². The van der Waals surface area contributed by atoms with Crippen LogP contribution in [0.25, 0.3) is 0 Å². The Labute approximate surface area is 150 Å². The second-order valence-electron chi connectivity index (χ2n) is 8.22. The lowest BCUT2D eigenvalue weighted by Crippen LogP contribution is -2.50. The van der Waals surface area contributed by atoms with Gasteiger partial charge in [0.05, 0.1) is 0 Å². The lowest BCUT2D eigenvalue weighted by Gasteiger charge is -2.34. The van der Waals surface area contributed by atoms with Gasteiger partial charge in [0.25, 0.3) is 0 Å². The molecule has 1 fully saturated rings. The Morgan fingerprint density at radius 1 is 1.28 bits per heavy atom. The van der Waals surface area contributed by atoms with Crippen molar-refractivity contribution in [2.24, 2.45) is 5.41 Å². The van der Waals surface area contributed by atoms with Gasteiger partial charge >= 0.3 is 5.69 Å². The van der Waals surface area contributed by atoms with E-state index in [9.17, 15) is 9.59 Å². The smallest absolute Gasteiger partial charge is 0.347 e. The van der Waals surface area contributed by atoms with Gasteiger partial charge in [-0.1, -0.05) is 20.8 Å². The number of aryl methyl sites for hydroxylation is 2. The molecule has 1 atom stereocenters. The number of hydrogen-bond donors (Lipinski definition) is 1. The number of likely N-dealkylation sites (tertiary alicyclic amines) is 1. The number of carbonyl (C=O) groups excluding carboxylic acids is 1. The highest BCUT2D eigenvalue weighted by Gasteiger charge is 2.29. The van der Waals surface area contributed by atoms with Crippen molar-refractivity contribution < 1.29 is 4.79 Å². The maximum atomic E-state index is 12.5. The highest BCUT2D eigenvalue weighted by molar-refractivity contribution is 5.76. The van der Waals surface area contributed by atoms with E-state index in [2.05, 4.69) is 36.0 Å². The van der Waals surface area contributed by atoms with Crippen LogP contribution in [0.2, 0.25) is 0 Å². The standard InChI is InChI=1S/C19H32N4O2/c1-14-12-15(2)23(18(25)20-14)11-8-17(24)21-16(19(3,4)5)13-22-9-6-7-10-22/h12,16H,6-11,13H2,1-5H3,(H,21,24)/t16-/m1/s1. The molecular formula is C19H32N4O2. The van der Waals surface area contributed by atoms with E-state index < -0.39 is 0 Å². The summed E-state index contributed by atoms with van der Waals surface area (Å²) in [5, 5.41) is 3.19. The van der Waals surface area contributed by atoms with Crippen LogP contribution in [-0.2, 0) is 11.3 Å². The van der Waals surface area contributed by atoms with Crippen molar-refractivity contribution in [3.05, 3.63) is 27.9 Å². The third kappa shape index (κ3) is 5.66. The second kappa shape index (κ2) is 8.13. The molecule has 0 saturated carbocycles. The fraction of sp³-hybridized carbons (Fsp3) is 0.737. The molecular weight excluding hydrogens is 316 g/mol. The van der Waals surface area contributed by atoms with Crippen molar-refractivity contribution in [2.45, 2.75) is 66.5 Å². The molecule has 1 aromatic heterocycles. The van der Waals surface area contributed by atoms with Crippen LogP contribution in [0.15, 0.2) is 10.9 Å². The third-order valence-corrected chi connectivity index (χ3v) is 4.93. The molecule has 1 aliphatic heterocycles. The van der Waals surface area contributed by atoms with Crippen molar-refractivity contribution in [1.82, 2.24) is 19.8 Å². The van der Waals surface area contributed by atoms with Gasteiger partial charge in [0, 0.05) is 36.9 Å². The average Bonchev–Trinajstić information content (AvgIpc) is 2.97. The number of rotatable bonds is 6. The van der Waals surface area contributed by atoms with Gasteiger partial charge in [0.15, 0.2) is 0 Å². The number of hydrogen-bond acceptors (Lipinski definition) is 4. The zero-order valence-corrected chi connectivity index (χ0v) is 16.3. The third-order valence-electron chi connectivity index (χ3n) is 4.93. The summed E-state index contributed by atoms with van der Waals surface area (Å²) in [6.45, 7) is 13.6. The summed E-state index contributed by atoms with van der Waals surface area (Å²) in [7, 11) is 0. The molecule has 0 aromatic carbocycles. The number of amides is 1. The molecule has 1 aliphatic rings. The molecule has 0 bridgehead atoms. The second-order valence-corrected chi connectivity index (χ2v) is 8.22. The summed E-state index contributed by atoms with van der Waals surface area (Å²) in [5.74, 6) is -0.00834. The lowest BCUT2D eigenvalue weighted by atomic mass is 9.86. The van der Waals surface area contributed by atoms with E-state index >= 15 is 0 Å². The van der Waals surface area contributed by atoms with Gasteiger partial charge in [-0.3, -0.25) is 9.36 Å². The topological polar surface area (TPSA) is 67.2 Å². The zero-order valence-electron chi connectivity index (χ0n) is 16.3. The first-order chi connectivity index (χ1) is 11.7. The Hall–Kier alpha value is -1.69. The highest BCUT2D eigenvalue weighted by atomic mass is 16.2. The molecule has 0 spiro atoms. The van der Waals surface area contributed by atoms with E-state index in [-0.39, 0.29) is 29.5 Å². The van der Waals surface area contributed by atoms with Crippen LogP contribution in [0.1, 0.15) is 51.4 Å². The highest BCUT2D eigenvalue weighted by Crippen LogP contribution is 2.22. The van der Waals surface area contributed by atoms with E-state index in [0.717, 1.165) is 25.3 Å². The van der Waals surface area contributed by atoms with Gasteiger partial charge in [0.1, 0.15) is 0 Å². The maximum Gasteiger partial charge on any atom is 0.347 e. The summed E-state index contributed by atoms with van der Waals surface area (Å²) >= 11 is 0. The minimum absolute atomic E-state index is 0.00355. The van der Waals surface area contributed by atoms with Crippen LogP contribution in [-0.4, -0.2) is 46.0 Å². The quantitative estimate of drug-likeness (QED) is 0.852. The Balaban J connectivity index is 1.96. The molecule has 1 aromatic rings. The molecule has 6 nitrogen and oxygen atoms in total. The van der Waals surface area contributed by atoms with Gasteiger partial charge in [0.2, 0.25) is 5.91 Å². The van der Waals surface area contributed by atoms with Gasteiger partial charge < -0.3 is 10.2 Å². The number of nitrogens with one attached hydrogen (secondary N) is 1. The van der Waals surface area contributed by atoms with Gasteiger partial charge in [-0.25, -0.2) is 4.79 Å². The lowest BCUT2D eigenvalue weighted by molar-refractivity contribution is -0.123. The molecule has 6 heteroatoms. The maximum absolute atomic E-state index is 12.5. The summed E-state index contributed by atoms with van der Waals surface area (Å²) in [4.78, 5) is 30.8. The molecule has 1 amide bonds. The Morgan fingerprint density at radius 2 is 1.92 bits per heavy atom. The number of aromatic nitrogens is 2. The van der Waals surface area contributed by atoms with Crippen molar-refractivity contribution in [1.29, 1.82) is 0 Å². The predicted molar refractivity (Wildman–Crippen MR) is 99.6 cm³/mol. The van der Waals surface area contributed by atoms with Crippen LogP contribution >= 0.6 is 0 Å². The van der Waals surface area contributed by atoms with Crippen molar-refractivity contribution in [3.63, 3.8) is 0 Å². The fourth-order valence-corrected chi connectivity index (χ4v) is 3.29. The molecule has 25 heavy (non-hydrogen) atoms. The predicted octanol–water partition coefficient (Wildman–Crippen LogP) is 1.88. The molecule has 0 radical (unpaired) electrons. The van der Waals surface area contributed by atoms with E-state index in [1.807, 2.05) is 13.0 Å². The minimum Gasteiger partial charge on any atom is -0.351 e. The average molecular weight is 348 g/mol. The normalized spacial score (nSPS) is 16.8. The first-order valence-electron chi connectivity index (χ1n) is 9.23. The first-order valence-corrected chi connectivity index (χ1v) is 9.23. The molecule has 1 saturated heterocycles. The number of nitrogens with zero attached hydrogens (tertiary/aromatic N) is 3. The Morgan fingerprint density at radius 3 is 2.48 bits per heavy atom. The van der Waals surface area contributed by atoms with Crippen molar-refractivity contribution in [3.8, 4) is 0 Å². The van der Waals surface area contributed by atoms with Crippen LogP contribution in [0, 0.1) is 19.3 Å². The van der Waals surface area contributed by atoms with E-state index in [0.29, 0.717) is 12.2 Å². The van der Waals surface area contributed by atoms with Gasteiger partial charge in [-0.05, 0) is 51.3 Å². The van der Waals surface area contributed by atoms with Crippen LogP contribution < -0.4 is 11.0 Å². The SMILES string of the molecule is Cc1cc(C)n(CCC(=O)N[C@H](CN2CCCC2)C(C)(C)C)c(=O)n1. The van der Waals surface area contributed by atoms with E-state index in [1.165, 1.54) is 12.8 Å². The zero-order chi connectivity index (χ0) is 18.6. The summed E-state index contributed by atoms with van der Waals surface area (Å²) in [6.07, 6.45) is 2.78. The monoisotopic (exact) mass is 348 g/mol. The molecule has 2 rings (SSSR count). The summed E-state index contributed by atoms with van der Waals surface area (Å²) in [6, 6.07) is 1.97. The summed E-state index contributed by atoms with van der Waals surface area (Å²) in [5.41, 5.74) is 1.27.